The van der Waals surface area contributed by atoms with Crippen LogP contribution in [0.15, 0.2) is 28.2 Å². The Morgan fingerprint density at radius 2 is 2.05 bits per heavy atom. The Morgan fingerprint density at radius 1 is 1.36 bits per heavy atom. The molecule has 9 heteroatoms. The normalized spacial score (nSPS) is 11.3. The molecule has 0 aliphatic rings. The van der Waals surface area contributed by atoms with Crippen molar-refractivity contribution in [3.63, 3.8) is 0 Å². The quantitative estimate of drug-likeness (QED) is 0.522. The zero-order valence-corrected chi connectivity index (χ0v) is 11.8. The fraction of sp³-hybridized carbons (Fsp3) is 0.154. The molecule has 1 aromatic carbocycles. The lowest BCUT2D eigenvalue weighted by Gasteiger charge is -2.11. The van der Waals surface area contributed by atoms with Gasteiger partial charge in [0.1, 0.15) is 17.4 Å². The maximum atomic E-state index is 13.3. The van der Waals surface area contributed by atoms with E-state index in [2.05, 4.69) is 9.97 Å². The number of thioether (sulfide) groups is 1. The Morgan fingerprint density at radius 3 is 2.59 bits per heavy atom. The molecule has 0 bridgehead atoms. The molecule has 0 aliphatic carbocycles. The highest BCUT2D eigenvalue weighted by molar-refractivity contribution is 7.98. The van der Waals surface area contributed by atoms with E-state index in [4.69, 9.17) is 5.26 Å². The van der Waals surface area contributed by atoms with Crippen LogP contribution in [0.1, 0.15) is 11.1 Å². The van der Waals surface area contributed by atoms with Crippen molar-refractivity contribution in [2.24, 2.45) is 0 Å². The zero-order valence-electron chi connectivity index (χ0n) is 11.0. The Hall–Kier alpha value is -2.34. The first-order valence-corrected chi connectivity index (χ1v) is 6.96. The first-order valence-electron chi connectivity index (χ1n) is 5.73. The average molecular weight is 329 g/mol. The molecule has 1 heterocycles. The lowest BCUT2D eigenvalue weighted by molar-refractivity contribution is -0.139. The molecule has 0 atom stereocenters. The third-order valence-electron chi connectivity index (χ3n) is 2.75. The molecule has 0 aliphatic heterocycles. The van der Waals surface area contributed by atoms with E-state index in [1.165, 1.54) is 0 Å². The van der Waals surface area contributed by atoms with Gasteiger partial charge in [0, 0.05) is 5.56 Å². The summed E-state index contributed by atoms with van der Waals surface area (Å²) in [5.41, 5.74) is -3.07. The van der Waals surface area contributed by atoms with E-state index in [0.29, 0.717) is 12.1 Å². The van der Waals surface area contributed by atoms with Crippen LogP contribution in [-0.4, -0.2) is 16.2 Å². The molecule has 0 spiro atoms. The van der Waals surface area contributed by atoms with Crippen LogP contribution in [0.3, 0.4) is 0 Å². The van der Waals surface area contributed by atoms with Crippen LogP contribution in [0.2, 0.25) is 0 Å². The summed E-state index contributed by atoms with van der Waals surface area (Å²) < 4.78 is 51.6. The van der Waals surface area contributed by atoms with Crippen LogP contribution >= 0.6 is 11.8 Å². The van der Waals surface area contributed by atoms with Gasteiger partial charge in [-0.05, 0) is 24.5 Å². The van der Waals surface area contributed by atoms with Crippen molar-refractivity contribution in [2.45, 2.75) is 11.3 Å². The van der Waals surface area contributed by atoms with Crippen LogP contribution in [0.5, 0.6) is 0 Å². The first kappa shape index (κ1) is 16.0. The monoisotopic (exact) mass is 329 g/mol. The van der Waals surface area contributed by atoms with Crippen LogP contribution in [0.25, 0.3) is 11.3 Å². The number of nitriles is 1. The van der Waals surface area contributed by atoms with E-state index in [0.717, 1.165) is 17.8 Å². The minimum absolute atomic E-state index is 0.136. The third-order valence-corrected chi connectivity index (χ3v) is 3.33. The highest BCUT2D eigenvalue weighted by Gasteiger charge is 2.34. The molecule has 0 radical (unpaired) electrons. The van der Waals surface area contributed by atoms with Gasteiger partial charge in [0.05, 0.1) is 11.3 Å². The van der Waals surface area contributed by atoms with E-state index in [1.807, 2.05) is 0 Å². The standard InChI is InChI=1S/C13H7F4N3OS/c1-22-12-19-10(7(5-18)11(21)20-12)6-2-3-9(14)8(4-6)13(15,16)17/h2-4H,1H3,(H,19,20,21). The highest BCUT2D eigenvalue weighted by Crippen LogP contribution is 2.34. The first-order chi connectivity index (χ1) is 10.3. The van der Waals surface area contributed by atoms with E-state index < -0.39 is 28.7 Å². The molecule has 1 aromatic heterocycles. The van der Waals surface area contributed by atoms with E-state index in [9.17, 15) is 22.4 Å². The second-order valence-corrected chi connectivity index (χ2v) is 4.90. The lowest BCUT2D eigenvalue weighted by Crippen LogP contribution is -2.15. The minimum Gasteiger partial charge on any atom is -0.300 e. The molecule has 0 unspecified atom stereocenters. The van der Waals surface area contributed by atoms with Crippen LogP contribution in [0.4, 0.5) is 17.6 Å². The van der Waals surface area contributed by atoms with Crippen LogP contribution in [0, 0.1) is 17.1 Å². The summed E-state index contributed by atoms with van der Waals surface area (Å²) >= 11 is 1.05. The van der Waals surface area contributed by atoms with Crippen molar-refractivity contribution in [1.29, 1.82) is 5.26 Å². The Balaban J connectivity index is 2.75. The van der Waals surface area contributed by atoms with Crippen molar-refractivity contribution in [1.82, 2.24) is 9.97 Å². The van der Waals surface area contributed by atoms with Gasteiger partial charge in [-0.2, -0.15) is 18.4 Å². The van der Waals surface area contributed by atoms with E-state index in [-0.39, 0.29) is 16.4 Å². The van der Waals surface area contributed by atoms with Crippen molar-refractivity contribution in [3.05, 3.63) is 45.5 Å². The number of halogens is 4. The number of rotatable bonds is 2. The topological polar surface area (TPSA) is 69.5 Å². The van der Waals surface area contributed by atoms with Crippen LogP contribution in [-0.2, 0) is 6.18 Å². The summed E-state index contributed by atoms with van der Waals surface area (Å²) in [6, 6.07) is 3.79. The number of alkyl halides is 3. The molecular weight excluding hydrogens is 322 g/mol. The number of nitrogens with one attached hydrogen (secondary N) is 1. The molecule has 1 N–H and O–H groups in total. The fourth-order valence-electron chi connectivity index (χ4n) is 1.75. The molecular formula is C13H7F4N3OS. The molecule has 4 nitrogen and oxygen atoms in total. The molecule has 2 rings (SSSR count). The smallest absolute Gasteiger partial charge is 0.300 e. The lowest BCUT2D eigenvalue weighted by atomic mass is 10.0. The van der Waals surface area contributed by atoms with Gasteiger partial charge in [-0.15, -0.1) is 0 Å². The van der Waals surface area contributed by atoms with Crippen LogP contribution < -0.4 is 5.56 Å². The van der Waals surface area contributed by atoms with Gasteiger partial charge in [0.25, 0.3) is 5.56 Å². The molecule has 0 saturated heterocycles. The van der Waals surface area contributed by atoms with Crippen molar-refractivity contribution < 1.29 is 17.6 Å². The molecule has 2 aromatic rings. The Labute approximate surface area is 125 Å². The second kappa shape index (κ2) is 5.81. The minimum atomic E-state index is -4.89. The highest BCUT2D eigenvalue weighted by atomic mass is 32.2. The molecule has 0 saturated carbocycles. The number of H-pyrrole nitrogens is 1. The predicted octanol–water partition coefficient (Wildman–Crippen LogP) is 3.19. The third kappa shape index (κ3) is 2.96. The molecule has 22 heavy (non-hydrogen) atoms. The summed E-state index contributed by atoms with van der Waals surface area (Å²) in [5.74, 6) is -1.44. The van der Waals surface area contributed by atoms with Gasteiger partial charge >= 0.3 is 6.18 Å². The largest absolute Gasteiger partial charge is 0.419 e. The molecule has 0 fully saturated rings. The van der Waals surface area contributed by atoms with Crippen molar-refractivity contribution in [2.75, 3.05) is 6.26 Å². The number of benzene rings is 1. The summed E-state index contributed by atoms with van der Waals surface area (Å²) in [5, 5.41) is 9.13. The molecule has 0 amide bonds. The fourth-order valence-corrected chi connectivity index (χ4v) is 2.13. The number of nitrogens with zero attached hydrogens (tertiary/aromatic N) is 2. The van der Waals surface area contributed by atoms with Crippen molar-refractivity contribution >= 4 is 11.8 Å². The second-order valence-electron chi connectivity index (χ2n) is 4.10. The van der Waals surface area contributed by atoms with Gasteiger partial charge in [0.15, 0.2) is 5.16 Å². The zero-order chi connectivity index (χ0) is 16.5. The number of aromatic amines is 1. The van der Waals surface area contributed by atoms with Gasteiger partial charge in [-0.3, -0.25) is 4.79 Å². The van der Waals surface area contributed by atoms with Gasteiger partial charge in [-0.25, -0.2) is 9.37 Å². The summed E-state index contributed by atoms with van der Waals surface area (Å²) in [4.78, 5) is 18.0. The average Bonchev–Trinajstić information content (AvgIpc) is 2.45. The number of aromatic nitrogens is 2. The Bertz CT molecular complexity index is 824. The molecule has 114 valence electrons. The van der Waals surface area contributed by atoms with Gasteiger partial charge in [0.2, 0.25) is 0 Å². The summed E-state index contributed by atoms with van der Waals surface area (Å²) in [6.45, 7) is 0. The van der Waals surface area contributed by atoms with E-state index in [1.54, 1.807) is 12.3 Å². The maximum absolute atomic E-state index is 13.3. The SMILES string of the molecule is CSc1nc(-c2ccc(F)c(C(F)(F)F)c2)c(C#N)c(=O)[nH]1. The predicted molar refractivity (Wildman–Crippen MR) is 71.7 cm³/mol. The van der Waals surface area contributed by atoms with Crippen molar-refractivity contribution in [3.8, 4) is 17.3 Å². The summed E-state index contributed by atoms with van der Waals surface area (Å²) in [7, 11) is 0. The summed E-state index contributed by atoms with van der Waals surface area (Å²) in [6.07, 6.45) is -3.30. The van der Waals surface area contributed by atoms with Gasteiger partial charge < -0.3 is 4.98 Å². The maximum Gasteiger partial charge on any atom is 0.419 e. The van der Waals surface area contributed by atoms with E-state index >= 15 is 0 Å². The van der Waals surface area contributed by atoms with Gasteiger partial charge in [-0.1, -0.05) is 11.8 Å². The number of hydrogen-bond donors (Lipinski definition) is 1. The Kier molecular flexibility index (Phi) is 4.23. The number of hydrogen-bond acceptors (Lipinski definition) is 4.